The van der Waals surface area contributed by atoms with Crippen molar-refractivity contribution in [3.8, 4) is 5.88 Å². The Hall–Kier alpha value is -1.73. The summed E-state index contributed by atoms with van der Waals surface area (Å²) in [5.41, 5.74) is 0.133. The average Bonchev–Trinajstić information content (AvgIpc) is 2.41. The molecule has 0 bridgehead atoms. The van der Waals surface area contributed by atoms with E-state index in [1.165, 1.54) is 25.3 Å². The molecule has 0 fully saturated rings. The van der Waals surface area contributed by atoms with E-state index in [0.717, 1.165) is 6.07 Å². The number of ether oxygens (including phenoxy) is 1. The van der Waals surface area contributed by atoms with Gasteiger partial charge >= 0.3 is 0 Å². The van der Waals surface area contributed by atoms with Gasteiger partial charge in [0.25, 0.3) is 5.91 Å². The molecule has 0 atom stereocenters. The molecule has 0 saturated heterocycles. The van der Waals surface area contributed by atoms with E-state index in [2.05, 4.69) is 31.2 Å². The third kappa shape index (κ3) is 3.43. The molecule has 1 aromatic heterocycles. The van der Waals surface area contributed by atoms with Crippen LogP contribution in [-0.4, -0.2) is 23.0 Å². The van der Waals surface area contributed by atoms with Gasteiger partial charge in [-0.1, -0.05) is 11.6 Å². The highest BCUT2D eigenvalue weighted by atomic mass is 79.9. The second-order valence-corrected chi connectivity index (χ2v) is 4.88. The Balaban J connectivity index is 2.23. The molecule has 0 aliphatic rings. The summed E-state index contributed by atoms with van der Waals surface area (Å²) in [6, 6.07) is 5.39. The number of rotatable bonds is 3. The van der Waals surface area contributed by atoms with Crippen LogP contribution in [-0.2, 0) is 0 Å². The van der Waals surface area contributed by atoms with Crippen molar-refractivity contribution in [1.29, 1.82) is 0 Å². The van der Waals surface area contributed by atoms with Crippen molar-refractivity contribution in [1.82, 2.24) is 9.97 Å². The summed E-state index contributed by atoms with van der Waals surface area (Å²) in [6.45, 7) is 0. The molecule has 1 heterocycles. The number of hydrogen-bond donors (Lipinski definition) is 1. The van der Waals surface area contributed by atoms with Gasteiger partial charge in [0.1, 0.15) is 11.0 Å². The SMILES string of the molecule is COc1cc(Cl)nc(NC(=O)c2ccc(Br)c(F)c2)n1. The minimum absolute atomic E-state index is 0.0253. The molecular weight excluding hydrogens is 353 g/mol. The maximum Gasteiger partial charge on any atom is 0.258 e. The Bertz CT molecular complexity index is 669. The number of anilines is 1. The first kappa shape index (κ1) is 14.7. The lowest BCUT2D eigenvalue weighted by atomic mass is 10.2. The van der Waals surface area contributed by atoms with E-state index in [9.17, 15) is 9.18 Å². The summed E-state index contributed by atoms with van der Waals surface area (Å²) in [5.74, 6) is -0.909. The summed E-state index contributed by atoms with van der Waals surface area (Å²) < 4.78 is 18.5. The number of benzene rings is 1. The van der Waals surface area contributed by atoms with Crippen LogP contribution in [0.1, 0.15) is 10.4 Å². The molecule has 2 aromatic rings. The van der Waals surface area contributed by atoms with Gasteiger partial charge < -0.3 is 4.74 Å². The Morgan fingerprint density at radius 1 is 1.40 bits per heavy atom. The first-order valence-corrected chi connectivity index (χ1v) is 6.51. The molecule has 2 rings (SSSR count). The number of halogens is 3. The lowest BCUT2D eigenvalue weighted by molar-refractivity contribution is 0.102. The lowest BCUT2D eigenvalue weighted by Crippen LogP contribution is -2.14. The third-order valence-corrected chi connectivity index (χ3v) is 3.12. The van der Waals surface area contributed by atoms with Gasteiger partial charge in [-0.05, 0) is 34.1 Å². The number of hydrogen-bond acceptors (Lipinski definition) is 4. The number of amides is 1. The van der Waals surface area contributed by atoms with Crippen LogP contribution in [0.25, 0.3) is 0 Å². The van der Waals surface area contributed by atoms with Gasteiger partial charge in [-0.2, -0.15) is 4.98 Å². The molecule has 0 spiro atoms. The molecular formula is C12H8BrClFN3O2. The molecule has 1 N–H and O–H groups in total. The van der Waals surface area contributed by atoms with E-state index in [-0.39, 0.29) is 27.0 Å². The quantitative estimate of drug-likeness (QED) is 0.853. The predicted molar refractivity (Wildman–Crippen MR) is 75.6 cm³/mol. The highest BCUT2D eigenvalue weighted by Gasteiger charge is 2.12. The number of methoxy groups -OCH3 is 1. The van der Waals surface area contributed by atoms with E-state index in [1.807, 2.05) is 0 Å². The Labute approximate surface area is 127 Å². The molecule has 0 aliphatic heterocycles. The van der Waals surface area contributed by atoms with Gasteiger partial charge in [0, 0.05) is 11.6 Å². The third-order valence-electron chi connectivity index (χ3n) is 2.29. The summed E-state index contributed by atoms with van der Waals surface area (Å²) in [6.07, 6.45) is 0. The molecule has 0 saturated carbocycles. The van der Waals surface area contributed by atoms with Crippen molar-refractivity contribution < 1.29 is 13.9 Å². The fraction of sp³-hybridized carbons (Fsp3) is 0.0833. The van der Waals surface area contributed by atoms with Gasteiger partial charge in [-0.15, -0.1) is 0 Å². The van der Waals surface area contributed by atoms with Gasteiger partial charge in [-0.3, -0.25) is 10.1 Å². The van der Waals surface area contributed by atoms with E-state index >= 15 is 0 Å². The zero-order chi connectivity index (χ0) is 14.7. The van der Waals surface area contributed by atoms with Crippen molar-refractivity contribution in [2.75, 3.05) is 12.4 Å². The molecule has 1 aromatic carbocycles. The van der Waals surface area contributed by atoms with Crippen LogP contribution >= 0.6 is 27.5 Å². The van der Waals surface area contributed by atoms with Crippen molar-refractivity contribution in [2.45, 2.75) is 0 Å². The number of carbonyl (C=O) groups excluding carboxylic acids is 1. The molecule has 0 radical (unpaired) electrons. The first-order chi connectivity index (χ1) is 9.49. The van der Waals surface area contributed by atoms with Crippen molar-refractivity contribution >= 4 is 39.4 Å². The van der Waals surface area contributed by atoms with Crippen LogP contribution in [0.5, 0.6) is 5.88 Å². The molecule has 0 aliphatic carbocycles. The lowest BCUT2D eigenvalue weighted by Gasteiger charge is -2.06. The molecule has 8 heteroatoms. The van der Waals surface area contributed by atoms with Crippen LogP contribution in [0.3, 0.4) is 0 Å². The molecule has 0 unspecified atom stereocenters. The Morgan fingerprint density at radius 2 is 2.15 bits per heavy atom. The van der Waals surface area contributed by atoms with E-state index in [0.29, 0.717) is 0 Å². The normalized spacial score (nSPS) is 10.2. The second-order valence-electron chi connectivity index (χ2n) is 3.64. The smallest absolute Gasteiger partial charge is 0.258 e. The Morgan fingerprint density at radius 3 is 2.80 bits per heavy atom. The average molecular weight is 361 g/mol. The summed E-state index contributed by atoms with van der Waals surface area (Å²) in [5, 5.41) is 2.53. The van der Waals surface area contributed by atoms with Crippen LogP contribution in [0.2, 0.25) is 5.15 Å². The van der Waals surface area contributed by atoms with E-state index in [1.54, 1.807) is 0 Å². The van der Waals surface area contributed by atoms with Crippen molar-refractivity contribution in [3.63, 3.8) is 0 Å². The second kappa shape index (κ2) is 6.15. The number of aromatic nitrogens is 2. The van der Waals surface area contributed by atoms with Crippen molar-refractivity contribution in [3.05, 3.63) is 45.3 Å². The topological polar surface area (TPSA) is 64.1 Å². The van der Waals surface area contributed by atoms with Crippen LogP contribution in [0.15, 0.2) is 28.7 Å². The maximum absolute atomic E-state index is 13.4. The summed E-state index contributed by atoms with van der Waals surface area (Å²) in [4.78, 5) is 19.7. The first-order valence-electron chi connectivity index (χ1n) is 5.34. The fourth-order valence-electron chi connectivity index (χ4n) is 1.37. The number of nitrogens with zero attached hydrogens (tertiary/aromatic N) is 2. The van der Waals surface area contributed by atoms with E-state index in [4.69, 9.17) is 16.3 Å². The zero-order valence-electron chi connectivity index (χ0n) is 10.2. The molecule has 5 nitrogen and oxygen atoms in total. The van der Waals surface area contributed by atoms with Crippen LogP contribution < -0.4 is 10.1 Å². The highest BCUT2D eigenvalue weighted by Crippen LogP contribution is 2.18. The van der Waals surface area contributed by atoms with Gasteiger partial charge in [-0.25, -0.2) is 9.37 Å². The standard InChI is InChI=1S/C12H8BrClFN3O2/c1-20-10-5-9(14)16-12(17-10)18-11(19)6-2-3-7(13)8(15)4-6/h2-5H,1H3,(H,16,17,18,19). The van der Waals surface area contributed by atoms with Crippen LogP contribution in [0, 0.1) is 5.82 Å². The molecule has 20 heavy (non-hydrogen) atoms. The summed E-state index contributed by atoms with van der Waals surface area (Å²) in [7, 11) is 1.41. The van der Waals surface area contributed by atoms with Crippen molar-refractivity contribution in [2.24, 2.45) is 0 Å². The summed E-state index contributed by atoms with van der Waals surface area (Å²) >= 11 is 8.76. The predicted octanol–water partition coefficient (Wildman–Crippen LogP) is 3.29. The number of carbonyl (C=O) groups is 1. The number of nitrogens with one attached hydrogen (secondary N) is 1. The van der Waals surface area contributed by atoms with Gasteiger partial charge in [0.2, 0.25) is 11.8 Å². The fourth-order valence-corrected chi connectivity index (χ4v) is 1.79. The molecule has 1 amide bonds. The Kier molecular flexibility index (Phi) is 4.51. The maximum atomic E-state index is 13.4. The molecule has 104 valence electrons. The van der Waals surface area contributed by atoms with E-state index < -0.39 is 11.7 Å². The largest absolute Gasteiger partial charge is 0.481 e. The van der Waals surface area contributed by atoms with Crippen LogP contribution in [0.4, 0.5) is 10.3 Å². The minimum atomic E-state index is -0.555. The monoisotopic (exact) mass is 359 g/mol. The van der Waals surface area contributed by atoms with Gasteiger partial charge in [0.15, 0.2) is 0 Å². The highest BCUT2D eigenvalue weighted by molar-refractivity contribution is 9.10. The van der Waals surface area contributed by atoms with Gasteiger partial charge in [0.05, 0.1) is 11.6 Å². The zero-order valence-corrected chi connectivity index (χ0v) is 12.5. The minimum Gasteiger partial charge on any atom is -0.481 e.